The first-order valence-corrected chi connectivity index (χ1v) is 11.7. The zero-order valence-corrected chi connectivity index (χ0v) is 19.2. The third-order valence-electron chi connectivity index (χ3n) is 6.63. The van der Waals surface area contributed by atoms with Gasteiger partial charge in [-0.15, -0.1) is 0 Å². The molecular formula is C27H27N3O4. The van der Waals surface area contributed by atoms with Crippen molar-refractivity contribution in [3.8, 4) is 11.1 Å². The fraction of sp³-hybridized carbons (Fsp3) is 0.296. The van der Waals surface area contributed by atoms with Gasteiger partial charge in [-0.25, -0.2) is 0 Å². The van der Waals surface area contributed by atoms with Crippen molar-refractivity contribution in [1.82, 2.24) is 9.80 Å². The highest BCUT2D eigenvalue weighted by Crippen LogP contribution is 2.33. The molecule has 0 spiro atoms. The Morgan fingerprint density at radius 1 is 0.824 bits per heavy atom. The Hall–Kier alpha value is -3.87. The van der Waals surface area contributed by atoms with E-state index in [0.717, 1.165) is 29.8 Å². The zero-order valence-electron chi connectivity index (χ0n) is 19.2. The number of piperazine rings is 1. The highest BCUT2D eigenvalue weighted by molar-refractivity contribution is 5.97. The lowest BCUT2D eigenvalue weighted by molar-refractivity contribution is -0.118. The maximum Gasteiger partial charge on any atom is 0.289 e. The van der Waals surface area contributed by atoms with Crippen molar-refractivity contribution in [2.45, 2.75) is 19.8 Å². The zero-order chi connectivity index (χ0) is 23.7. The van der Waals surface area contributed by atoms with Crippen molar-refractivity contribution in [2.75, 3.05) is 37.6 Å². The van der Waals surface area contributed by atoms with Crippen LogP contribution in [0.25, 0.3) is 11.1 Å². The topological polar surface area (TPSA) is 74.1 Å². The Balaban J connectivity index is 1.23. The Morgan fingerprint density at radius 3 is 2.15 bits per heavy atom. The maximum absolute atomic E-state index is 13.0. The lowest BCUT2D eigenvalue weighted by Gasteiger charge is -2.34. The van der Waals surface area contributed by atoms with Crippen LogP contribution >= 0.6 is 0 Å². The largest absolute Gasteiger partial charge is 0.459 e. The van der Waals surface area contributed by atoms with E-state index in [4.69, 9.17) is 4.42 Å². The van der Waals surface area contributed by atoms with Gasteiger partial charge in [0.25, 0.3) is 11.8 Å². The molecule has 5 rings (SSSR count). The molecule has 3 aromatic rings. The van der Waals surface area contributed by atoms with Gasteiger partial charge in [0.2, 0.25) is 5.91 Å². The van der Waals surface area contributed by atoms with Crippen molar-refractivity contribution in [2.24, 2.45) is 0 Å². The van der Waals surface area contributed by atoms with Gasteiger partial charge in [-0.1, -0.05) is 25.1 Å². The SMILES string of the molecule is CCC(=O)N1CCc2cc(-c3ccc(C(=O)N4CCN(C(=O)c5ccco5)CC4)cc3)ccc21. The molecule has 0 atom stereocenters. The summed E-state index contributed by atoms with van der Waals surface area (Å²) in [5.74, 6) is 0.310. The van der Waals surface area contributed by atoms with Crippen LogP contribution in [0, 0.1) is 0 Å². The average Bonchev–Trinajstić information content (AvgIpc) is 3.58. The summed E-state index contributed by atoms with van der Waals surface area (Å²) in [6, 6.07) is 17.2. The molecule has 7 nitrogen and oxygen atoms in total. The van der Waals surface area contributed by atoms with Gasteiger partial charge in [0, 0.05) is 50.4 Å². The monoisotopic (exact) mass is 457 g/mol. The van der Waals surface area contributed by atoms with Crippen molar-refractivity contribution < 1.29 is 18.8 Å². The highest BCUT2D eigenvalue weighted by Gasteiger charge is 2.27. The third kappa shape index (κ3) is 4.09. The van der Waals surface area contributed by atoms with E-state index in [2.05, 4.69) is 6.07 Å². The smallest absolute Gasteiger partial charge is 0.289 e. The van der Waals surface area contributed by atoms with Crippen molar-refractivity contribution in [3.05, 3.63) is 77.7 Å². The second kappa shape index (κ2) is 9.17. The van der Waals surface area contributed by atoms with Crippen LogP contribution in [0.1, 0.15) is 39.8 Å². The molecule has 0 bridgehead atoms. The molecular weight excluding hydrogens is 430 g/mol. The van der Waals surface area contributed by atoms with E-state index < -0.39 is 0 Å². The van der Waals surface area contributed by atoms with Crippen LogP contribution in [-0.2, 0) is 11.2 Å². The molecule has 0 N–H and O–H groups in total. The first kappa shape index (κ1) is 21.9. The minimum atomic E-state index is -0.141. The number of benzene rings is 2. The van der Waals surface area contributed by atoms with Gasteiger partial charge in [0.05, 0.1) is 6.26 Å². The summed E-state index contributed by atoms with van der Waals surface area (Å²) < 4.78 is 5.20. The summed E-state index contributed by atoms with van der Waals surface area (Å²) in [5, 5.41) is 0. The molecule has 174 valence electrons. The van der Waals surface area contributed by atoms with Gasteiger partial charge in [-0.05, 0) is 59.5 Å². The number of carbonyl (C=O) groups is 3. The Labute approximate surface area is 198 Å². The predicted molar refractivity (Wildman–Crippen MR) is 129 cm³/mol. The number of furan rings is 1. The minimum absolute atomic E-state index is 0.0284. The highest BCUT2D eigenvalue weighted by atomic mass is 16.3. The van der Waals surface area contributed by atoms with E-state index in [1.165, 1.54) is 11.8 Å². The number of carbonyl (C=O) groups excluding carboxylic acids is 3. The van der Waals surface area contributed by atoms with Crippen LogP contribution in [0.4, 0.5) is 5.69 Å². The summed E-state index contributed by atoms with van der Waals surface area (Å²) in [6.07, 6.45) is 2.85. The lowest BCUT2D eigenvalue weighted by atomic mass is 10.00. The number of hydrogen-bond acceptors (Lipinski definition) is 4. The molecule has 0 saturated carbocycles. The number of amides is 3. The van der Waals surface area contributed by atoms with Crippen LogP contribution in [0.2, 0.25) is 0 Å². The molecule has 3 heterocycles. The Bertz CT molecular complexity index is 1210. The standard InChI is InChI=1S/C27H27N3O4/c1-2-25(31)30-12-11-22-18-21(9-10-23(22)30)19-5-7-20(8-6-19)26(32)28-13-15-29(16-14-28)27(33)24-4-3-17-34-24/h3-10,17-18H,2,11-16H2,1H3. The second-order valence-electron chi connectivity index (χ2n) is 8.63. The number of rotatable bonds is 4. The molecule has 1 saturated heterocycles. The lowest BCUT2D eigenvalue weighted by Crippen LogP contribution is -2.50. The van der Waals surface area contributed by atoms with Crippen LogP contribution in [0.15, 0.2) is 65.3 Å². The number of hydrogen-bond donors (Lipinski definition) is 0. The summed E-state index contributed by atoms with van der Waals surface area (Å²) in [7, 11) is 0. The predicted octanol–water partition coefficient (Wildman–Crippen LogP) is 3.84. The fourth-order valence-electron chi connectivity index (χ4n) is 4.69. The van der Waals surface area contributed by atoms with Crippen molar-refractivity contribution in [1.29, 1.82) is 0 Å². The van der Waals surface area contributed by atoms with Crippen LogP contribution < -0.4 is 4.90 Å². The summed E-state index contributed by atoms with van der Waals surface area (Å²) in [5.41, 5.74) is 4.94. The second-order valence-corrected chi connectivity index (χ2v) is 8.63. The van der Waals surface area contributed by atoms with Gasteiger partial charge in [-0.2, -0.15) is 0 Å². The van der Waals surface area contributed by atoms with Gasteiger partial charge >= 0.3 is 0 Å². The molecule has 1 fully saturated rings. The van der Waals surface area contributed by atoms with Gasteiger partial charge in [0.1, 0.15) is 0 Å². The third-order valence-corrected chi connectivity index (χ3v) is 6.63. The van der Waals surface area contributed by atoms with Gasteiger partial charge in [-0.3, -0.25) is 14.4 Å². The Morgan fingerprint density at radius 2 is 1.50 bits per heavy atom. The fourth-order valence-corrected chi connectivity index (χ4v) is 4.69. The van der Waals surface area contributed by atoms with E-state index >= 15 is 0 Å². The van der Waals surface area contributed by atoms with Crippen molar-refractivity contribution >= 4 is 23.4 Å². The van der Waals surface area contributed by atoms with Crippen molar-refractivity contribution in [3.63, 3.8) is 0 Å². The number of anilines is 1. The molecule has 1 aromatic heterocycles. The number of fused-ring (bicyclic) bond motifs is 1. The molecule has 0 radical (unpaired) electrons. The molecule has 2 aliphatic rings. The summed E-state index contributed by atoms with van der Waals surface area (Å²) in [6.45, 7) is 4.57. The maximum atomic E-state index is 13.0. The molecule has 2 aromatic carbocycles. The number of nitrogens with zero attached hydrogens (tertiary/aromatic N) is 3. The summed E-state index contributed by atoms with van der Waals surface area (Å²) >= 11 is 0. The minimum Gasteiger partial charge on any atom is -0.459 e. The molecule has 7 heteroatoms. The molecule has 34 heavy (non-hydrogen) atoms. The van der Waals surface area contributed by atoms with Crippen LogP contribution in [0.3, 0.4) is 0 Å². The molecule has 0 aliphatic carbocycles. The van der Waals surface area contributed by atoms with E-state index in [9.17, 15) is 14.4 Å². The first-order chi connectivity index (χ1) is 16.5. The summed E-state index contributed by atoms with van der Waals surface area (Å²) in [4.78, 5) is 42.9. The van der Waals surface area contributed by atoms with Crippen LogP contribution in [0.5, 0.6) is 0 Å². The normalized spacial score (nSPS) is 15.4. The van der Waals surface area contributed by atoms with Gasteiger partial charge < -0.3 is 19.1 Å². The average molecular weight is 458 g/mol. The van der Waals surface area contributed by atoms with Gasteiger partial charge in [0.15, 0.2) is 5.76 Å². The molecule has 0 unspecified atom stereocenters. The van der Waals surface area contributed by atoms with E-state index in [-0.39, 0.29) is 17.7 Å². The molecule has 3 amide bonds. The van der Waals surface area contributed by atoms with E-state index in [1.807, 2.05) is 48.2 Å². The quantitative estimate of drug-likeness (QED) is 0.597. The van der Waals surface area contributed by atoms with E-state index in [1.54, 1.807) is 21.9 Å². The van der Waals surface area contributed by atoms with E-state index in [0.29, 0.717) is 43.9 Å². The molecule has 2 aliphatic heterocycles. The first-order valence-electron chi connectivity index (χ1n) is 11.7. The van der Waals surface area contributed by atoms with Crippen LogP contribution in [-0.4, -0.2) is 60.2 Å². The Kier molecular flexibility index (Phi) is 5.92.